The number of benzene rings is 2. The van der Waals surface area contributed by atoms with Gasteiger partial charge in [0, 0.05) is 12.6 Å². The molecule has 0 unspecified atom stereocenters. The van der Waals surface area contributed by atoms with Gasteiger partial charge in [-0.25, -0.2) is 0 Å². The first kappa shape index (κ1) is 17.0. The van der Waals surface area contributed by atoms with Crippen molar-refractivity contribution in [2.24, 2.45) is 0 Å². The first-order chi connectivity index (χ1) is 11.5. The van der Waals surface area contributed by atoms with E-state index >= 15 is 0 Å². The number of aryl methyl sites for hydroxylation is 1. The number of para-hydroxylation sites is 1. The predicted octanol–water partition coefficient (Wildman–Crippen LogP) is 3.47. The Bertz CT molecular complexity index is 848. The summed E-state index contributed by atoms with van der Waals surface area (Å²) in [6.45, 7) is 3.17. The highest BCUT2D eigenvalue weighted by atomic mass is 16.5. The molecule has 120 valence electrons. The fraction of sp³-hybridized carbons (Fsp3) is 0.105. The zero-order valence-electron chi connectivity index (χ0n) is 13.4. The molecule has 1 amide bonds. The molecule has 0 radical (unpaired) electrons. The van der Waals surface area contributed by atoms with E-state index in [1.165, 1.54) is 13.0 Å². The molecular formula is C19H16N2O3. The number of esters is 1. The summed E-state index contributed by atoms with van der Waals surface area (Å²) in [6.07, 6.45) is 1.45. The van der Waals surface area contributed by atoms with Gasteiger partial charge >= 0.3 is 5.97 Å². The van der Waals surface area contributed by atoms with Gasteiger partial charge in [0.15, 0.2) is 0 Å². The molecule has 0 bridgehead atoms. The number of anilines is 1. The summed E-state index contributed by atoms with van der Waals surface area (Å²) in [5.41, 5.74) is 2.10. The molecule has 0 atom stereocenters. The number of hydrogen-bond acceptors (Lipinski definition) is 4. The molecule has 0 fully saturated rings. The quantitative estimate of drug-likeness (QED) is 0.405. The van der Waals surface area contributed by atoms with Crippen molar-refractivity contribution >= 4 is 23.6 Å². The highest BCUT2D eigenvalue weighted by Gasteiger charge is 2.11. The number of carbonyl (C=O) groups excluding carboxylic acids is 2. The lowest BCUT2D eigenvalue weighted by molar-refractivity contribution is -0.131. The molecule has 0 aliphatic carbocycles. The Hall–Kier alpha value is -3.39. The Morgan fingerprint density at radius 3 is 2.58 bits per heavy atom. The molecule has 0 saturated carbocycles. The van der Waals surface area contributed by atoms with Crippen LogP contribution in [0.3, 0.4) is 0 Å². The fourth-order valence-electron chi connectivity index (χ4n) is 2.05. The first-order valence-corrected chi connectivity index (χ1v) is 7.27. The minimum atomic E-state index is -0.496. The molecule has 2 aromatic carbocycles. The fourth-order valence-corrected chi connectivity index (χ4v) is 2.05. The lowest BCUT2D eigenvalue weighted by Gasteiger charge is -2.07. The van der Waals surface area contributed by atoms with E-state index in [2.05, 4.69) is 5.32 Å². The molecule has 2 rings (SSSR count). The number of nitriles is 1. The van der Waals surface area contributed by atoms with E-state index in [4.69, 9.17) is 4.74 Å². The van der Waals surface area contributed by atoms with Crippen LogP contribution in [0.1, 0.15) is 18.1 Å². The van der Waals surface area contributed by atoms with Gasteiger partial charge in [0.05, 0.1) is 0 Å². The SMILES string of the molecule is CC(=O)Oc1cccc(/C=C(\C#N)C(=O)Nc2ccccc2C)c1. The molecule has 1 N–H and O–H groups in total. The van der Waals surface area contributed by atoms with Crippen LogP contribution in [0, 0.1) is 18.3 Å². The average Bonchev–Trinajstić information content (AvgIpc) is 2.54. The second kappa shape index (κ2) is 7.75. The molecule has 0 aliphatic rings. The van der Waals surface area contributed by atoms with Gasteiger partial charge in [-0.15, -0.1) is 0 Å². The van der Waals surface area contributed by atoms with E-state index in [1.54, 1.807) is 36.4 Å². The van der Waals surface area contributed by atoms with Crippen molar-refractivity contribution in [2.45, 2.75) is 13.8 Å². The van der Waals surface area contributed by atoms with Crippen LogP contribution < -0.4 is 10.1 Å². The molecule has 24 heavy (non-hydrogen) atoms. The number of amides is 1. The Morgan fingerprint density at radius 2 is 1.92 bits per heavy atom. The van der Waals surface area contributed by atoms with Crippen molar-refractivity contribution in [3.05, 3.63) is 65.2 Å². The third kappa shape index (κ3) is 4.55. The van der Waals surface area contributed by atoms with E-state index in [1.807, 2.05) is 25.1 Å². The normalized spacial score (nSPS) is 10.6. The van der Waals surface area contributed by atoms with Crippen LogP contribution in [-0.2, 0) is 9.59 Å². The lowest BCUT2D eigenvalue weighted by Crippen LogP contribution is -2.14. The first-order valence-electron chi connectivity index (χ1n) is 7.27. The zero-order valence-corrected chi connectivity index (χ0v) is 13.4. The van der Waals surface area contributed by atoms with Crippen molar-refractivity contribution in [3.63, 3.8) is 0 Å². The minimum Gasteiger partial charge on any atom is -0.427 e. The van der Waals surface area contributed by atoms with E-state index in [0.717, 1.165) is 5.56 Å². The summed E-state index contributed by atoms with van der Waals surface area (Å²) in [5.74, 6) is -0.577. The molecule has 2 aromatic rings. The molecule has 0 saturated heterocycles. The van der Waals surface area contributed by atoms with Crippen molar-refractivity contribution in [2.75, 3.05) is 5.32 Å². The van der Waals surface area contributed by atoms with Crippen LogP contribution in [0.2, 0.25) is 0 Å². The van der Waals surface area contributed by atoms with Crippen LogP contribution in [0.25, 0.3) is 6.08 Å². The summed E-state index contributed by atoms with van der Waals surface area (Å²) in [4.78, 5) is 23.3. The van der Waals surface area contributed by atoms with Gasteiger partial charge < -0.3 is 10.1 Å². The van der Waals surface area contributed by atoms with Gasteiger partial charge in [-0.1, -0.05) is 30.3 Å². The minimum absolute atomic E-state index is 0.0433. The number of nitrogens with one attached hydrogen (secondary N) is 1. The maximum atomic E-state index is 12.3. The average molecular weight is 320 g/mol. The largest absolute Gasteiger partial charge is 0.427 e. The Kier molecular flexibility index (Phi) is 5.48. The Labute approximate surface area is 140 Å². The van der Waals surface area contributed by atoms with Gasteiger partial charge in [0.2, 0.25) is 0 Å². The standard InChI is InChI=1S/C19H16N2O3/c1-13-6-3-4-9-18(13)21-19(23)16(12-20)10-15-7-5-8-17(11-15)24-14(2)22/h3-11H,1-2H3,(H,21,23)/b16-10+. The number of rotatable bonds is 4. The van der Waals surface area contributed by atoms with Gasteiger partial charge in [-0.3, -0.25) is 9.59 Å². The topological polar surface area (TPSA) is 79.2 Å². The van der Waals surface area contributed by atoms with E-state index in [0.29, 0.717) is 17.0 Å². The van der Waals surface area contributed by atoms with Crippen LogP contribution in [0.4, 0.5) is 5.69 Å². The van der Waals surface area contributed by atoms with Gasteiger partial charge in [0.25, 0.3) is 5.91 Å². The predicted molar refractivity (Wildman–Crippen MR) is 91.1 cm³/mol. The number of ether oxygens (including phenoxy) is 1. The van der Waals surface area contributed by atoms with Crippen molar-refractivity contribution in [1.29, 1.82) is 5.26 Å². The molecule has 0 spiro atoms. The van der Waals surface area contributed by atoms with E-state index in [-0.39, 0.29) is 5.57 Å². The van der Waals surface area contributed by atoms with Crippen LogP contribution in [0.5, 0.6) is 5.75 Å². The molecule has 0 aromatic heterocycles. The van der Waals surface area contributed by atoms with Crippen molar-refractivity contribution in [3.8, 4) is 11.8 Å². The third-order valence-corrected chi connectivity index (χ3v) is 3.19. The molecule has 5 heteroatoms. The second-order valence-corrected chi connectivity index (χ2v) is 5.10. The highest BCUT2D eigenvalue weighted by Crippen LogP contribution is 2.18. The number of carbonyl (C=O) groups is 2. The van der Waals surface area contributed by atoms with Gasteiger partial charge in [0.1, 0.15) is 17.4 Å². The Balaban J connectivity index is 2.23. The molecule has 0 heterocycles. The molecular weight excluding hydrogens is 304 g/mol. The van der Waals surface area contributed by atoms with Crippen LogP contribution in [0.15, 0.2) is 54.1 Å². The molecule has 5 nitrogen and oxygen atoms in total. The summed E-state index contributed by atoms with van der Waals surface area (Å²) in [5, 5.41) is 12.0. The maximum absolute atomic E-state index is 12.3. The highest BCUT2D eigenvalue weighted by molar-refractivity contribution is 6.09. The van der Waals surface area contributed by atoms with Crippen molar-refractivity contribution in [1.82, 2.24) is 0 Å². The summed E-state index contributed by atoms with van der Waals surface area (Å²) >= 11 is 0. The Morgan fingerprint density at radius 1 is 1.17 bits per heavy atom. The summed E-state index contributed by atoms with van der Waals surface area (Å²) in [6, 6.07) is 15.8. The maximum Gasteiger partial charge on any atom is 0.308 e. The smallest absolute Gasteiger partial charge is 0.308 e. The zero-order chi connectivity index (χ0) is 17.5. The van der Waals surface area contributed by atoms with Crippen LogP contribution >= 0.6 is 0 Å². The van der Waals surface area contributed by atoms with E-state index < -0.39 is 11.9 Å². The monoisotopic (exact) mass is 320 g/mol. The van der Waals surface area contributed by atoms with E-state index in [9.17, 15) is 14.9 Å². The number of nitrogens with zero attached hydrogens (tertiary/aromatic N) is 1. The third-order valence-electron chi connectivity index (χ3n) is 3.19. The van der Waals surface area contributed by atoms with Gasteiger partial charge in [-0.2, -0.15) is 5.26 Å². The summed E-state index contributed by atoms with van der Waals surface area (Å²) < 4.78 is 4.99. The number of hydrogen-bond donors (Lipinski definition) is 1. The second-order valence-electron chi connectivity index (χ2n) is 5.10. The van der Waals surface area contributed by atoms with Crippen LogP contribution in [-0.4, -0.2) is 11.9 Å². The van der Waals surface area contributed by atoms with Gasteiger partial charge in [-0.05, 0) is 42.3 Å². The van der Waals surface area contributed by atoms with Crippen molar-refractivity contribution < 1.29 is 14.3 Å². The molecule has 0 aliphatic heterocycles. The lowest BCUT2D eigenvalue weighted by atomic mass is 10.1. The summed E-state index contributed by atoms with van der Waals surface area (Å²) in [7, 11) is 0.